The predicted molar refractivity (Wildman–Crippen MR) is 128 cm³/mol. The molecule has 1 heterocycles. The van der Waals surface area contributed by atoms with E-state index < -0.39 is 21.9 Å². The van der Waals surface area contributed by atoms with Crippen molar-refractivity contribution < 1.29 is 27.5 Å². The highest BCUT2D eigenvalue weighted by Crippen LogP contribution is 2.12. The van der Waals surface area contributed by atoms with Gasteiger partial charge in [0.1, 0.15) is 5.69 Å². The summed E-state index contributed by atoms with van der Waals surface area (Å²) >= 11 is 0. The number of rotatable bonds is 10. The van der Waals surface area contributed by atoms with Crippen LogP contribution in [0.1, 0.15) is 38.4 Å². The molecule has 0 saturated heterocycles. The van der Waals surface area contributed by atoms with Gasteiger partial charge in [0.25, 0.3) is 15.9 Å². The number of aryl methyl sites for hydroxylation is 1. The predicted octanol–water partition coefficient (Wildman–Crippen LogP) is 2.28. The highest BCUT2D eigenvalue weighted by molar-refractivity contribution is 7.90. The van der Waals surface area contributed by atoms with Gasteiger partial charge in [0.2, 0.25) is 5.91 Å². The number of hydrogen-bond acceptors (Lipinski definition) is 7. The zero-order chi connectivity index (χ0) is 25.3. The van der Waals surface area contributed by atoms with Crippen molar-refractivity contribution in [3.05, 3.63) is 95.3 Å². The number of nitrogens with zero attached hydrogens (tertiary/aromatic N) is 1. The second-order valence-electron chi connectivity index (χ2n) is 7.59. The van der Waals surface area contributed by atoms with Crippen molar-refractivity contribution in [3.8, 4) is 0 Å². The first kappa shape index (κ1) is 25.6. The van der Waals surface area contributed by atoms with Crippen LogP contribution in [0.4, 0.5) is 0 Å². The van der Waals surface area contributed by atoms with Crippen molar-refractivity contribution in [2.45, 2.75) is 24.2 Å². The minimum Gasteiger partial charge on any atom is -0.464 e. The van der Waals surface area contributed by atoms with E-state index in [9.17, 15) is 22.8 Å². The number of hydrogen-bond donors (Lipinski definition) is 2. The molecule has 0 spiro atoms. The Labute approximate surface area is 203 Å². The van der Waals surface area contributed by atoms with Crippen LogP contribution in [0.3, 0.4) is 0 Å². The van der Waals surface area contributed by atoms with E-state index in [4.69, 9.17) is 0 Å². The highest BCUT2D eigenvalue weighted by atomic mass is 32.2. The van der Waals surface area contributed by atoms with Crippen molar-refractivity contribution >= 4 is 27.8 Å². The number of aromatic nitrogens is 1. The third kappa shape index (κ3) is 7.47. The SMILES string of the molecule is COC(=O)c1ccc(C(=O)NS(=O)(=O)c2ccc(CCNC(=O)CCc3ccccc3)cc2)cn1. The Hall–Kier alpha value is -4.05. The number of sulfonamides is 1. The zero-order valence-corrected chi connectivity index (χ0v) is 19.9. The molecule has 0 aliphatic carbocycles. The fourth-order valence-corrected chi connectivity index (χ4v) is 4.14. The van der Waals surface area contributed by atoms with Crippen LogP contribution in [-0.2, 0) is 32.4 Å². The summed E-state index contributed by atoms with van der Waals surface area (Å²) in [4.78, 5) is 39.5. The maximum Gasteiger partial charge on any atom is 0.356 e. The highest BCUT2D eigenvalue weighted by Gasteiger charge is 2.19. The molecule has 3 aromatic rings. The van der Waals surface area contributed by atoms with Crippen molar-refractivity contribution in [2.75, 3.05) is 13.7 Å². The first-order valence-corrected chi connectivity index (χ1v) is 12.3. The first-order chi connectivity index (χ1) is 16.8. The summed E-state index contributed by atoms with van der Waals surface area (Å²) in [5.74, 6) is -1.60. The lowest BCUT2D eigenvalue weighted by molar-refractivity contribution is -0.121. The topological polar surface area (TPSA) is 132 Å². The molecule has 2 aromatic carbocycles. The minimum absolute atomic E-state index is 0.00474. The number of nitrogens with one attached hydrogen (secondary N) is 2. The van der Waals surface area contributed by atoms with Crippen LogP contribution < -0.4 is 10.0 Å². The van der Waals surface area contributed by atoms with Crippen molar-refractivity contribution in [2.24, 2.45) is 0 Å². The Kier molecular flexibility index (Phi) is 8.69. The molecule has 2 N–H and O–H groups in total. The van der Waals surface area contributed by atoms with Gasteiger partial charge in [-0.05, 0) is 48.2 Å². The molecule has 0 saturated carbocycles. The van der Waals surface area contributed by atoms with Gasteiger partial charge < -0.3 is 10.1 Å². The van der Waals surface area contributed by atoms with Gasteiger partial charge in [-0.3, -0.25) is 9.59 Å². The molecule has 35 heavy (non-hydrogen) atoms. The number of ether oxygens (including phenoxy) is 1. The lowest BCUT2D eigenvalue weighted by atomic mass is 10.1. The van der Waals surface area contributed by atoms with Gasteiger partial charge >= 0.3 is 5.97 Å². The summed E-state index contributed by atoms with van der Waals surface area (Å²) < 4.78 is 31.6. The molecule has 0 aliphatic rings. The monoisotopic (exact) mass is 495 g/mol. The van der Waals surface area contributed by atoms with Gasteiger partial charge in [0.05, 0.1) is 17.6 Å². The van der Waals surface area contributed by atoms with E-state index in [1.165, 1.54) is 31.4 Å². The summed E-state index contributed by atoms with van der Waals surface area (Å²) in [6.07, 6.45) is 2.68. The Bertz CT molecular complexity index is 1280. The Morgan fingerprint density at radius 2 is 1.57 bits per heavy atom. The molecule has 9 nitrogen and oxygen atoms in total. The molecule has 0 radical (unpaired) electrons. The number of amides is 2. The van der Waals surface area contributed by atoms with Crippen LogP contribution in [0, 0.1) is 0 Å². The van der Waals surface area contributed by atoms with E-state index in [1.807, 2.05) is 35.1 Å². The Morgan fingerprint density at radius 1 is 0.886 bits per heavy atom. The molecule has 0 atom stereocenters. The Morgan fingerprint density at radius 3 is 2.20 bits per heavy atom. The number of pyridine rings is 1. The average molecular weight is 496 g/mol. The fraction of sp³-hybridized carbons (Fsp3) is 0.200. The maximum absolute atomic E-state index is 12.6. The van der Waals surface area contributed by atoms with Crippen molar-refractivity contribution in [1.29, 1.82) is 0 Å². The third-order valence-corrected chi connectivity index (χ3v) is 6.45. The molecule has 0 bridgehead atoms. The van der Waals surface area contributed by atoms with E-state index in [2.05, 4.69) is 15.0 Å². The summed E-state index contributed by atoms with van der Waals surface area (Å²) in [6, 6.07) is 18.3. The lowest BCUT2D eigenvalue weighted by Gasteiger charge is -2.09. The smallest absolute Gasteiger partial charge is 0.356 e. The van der Waals surface area contributed by atoms with Crippen LogP contribution in [-0.4, -0.2) is 44.8 Å². The van der Waals surface area contributed by atoms with Gasteiger partial charge in [-0.15, -0.1) is 0 Å². The minimum atomic E-state index is -4.11. The Balaban J connectivity index is 1.49. The van der Waals surface area contributed by atoms with Gasteiger partial charge in [-0.2, -0.15) is 0 Å². The van der Waals surface area contributed by atoms with Crippen LogP contribution >= 0.6 is 0 Å². The number of methoxy groups -OCH3 is 1. The van der Waals surface area contributed by atoms with Crippen LogP contribution in [0.25, 0.3) is 0 Å². The molecular weight excluding hydrogens is 470 g/mol. The molecule has 182 valence electrons. The third-order valence-electron chi connectivity index (χ3n) is 5.10. The normalized spacial score (nSPS) is 10.9. The van der Waals surface area contributed by atoms with Crippen molar-refractivity contribution in [1.82, 2.24) is 15.0 Å². The van der Waals surface area contributed by atoms with Gasteiger partial charge in [-0.1, -0.05) is 42.5 Å². The fourth-order valence-electron chi connectivity index (χ4n) is 3.17. The summed E-state index contributed by atoms with van der Waals surface area (Å²) in [6.45, 7) is 0.422. The summed E-state index contributed by atoms with van der Waals surface area (Å²) in [7, 11) is -2.91. The molecule has 0 unspecified atom stereocenters. The second kappa shape index (κ2) is 11.9. The summed E-state index contributed by atoms with van der Waals surface area (Å²) in [5, 5.41) is 2.86. The van der Waals surface area contributed by atoms with E-state index in [0.29, 0.717) is 25.8 Å². The molecule has 2 amide bonds. The van der Waals surface area contributed by atoms with E-state index in [0.717, 1.165) is 17.3 Å². The summed E-state index contributed by atoms with van der Waals surface area (Å²) in [5.41, 5.74) is 1.90. The van der Waals surface area contributed by atoms with E-state index >= 15 is 0 Å². The number of esters is 1. The molecule has 3 rings (SSSR count). The maximum atomic E-state index is 12.6. The zero-order valence-electron chi connectivity index (χ0n) is 19.1. The molecule has 1 aromatic heterocycles. The number of benzene rings is 2. The quantitative estimate of drug-likeness (QED) is 0.413. The lowest BCUT2D eigenvalue weighted by Crippen LogP contribution is -2.30. The average Bonchev–Trinajstić information content (AvgIpc) is 2.87. The molecule has 0 fully saturated rings. The van der Waals surface area contributed by atoms with Crippen LogP contribution in [0.2, 0.25) is 0 Å². The van der Waals surface area contributed by atoms with Crippen LogP contribution in [0.5, 0.6) is 0 Å². The molecule has 0 aliphatic heterocycles. The largest absolute Gasteiger partial charge is 0.464 e. The standard InChI is InChI=1S/C25H25N3O6S/c1-34-25(31)22-13-10-20(17-27-22)24(30)28-35(32,33)21-11-7-19(8-12-21)15-16-26-23(29)14-9-18-5-3-2-4-6-18/h2-8,10-13,17H,9,14-16H2,1H3,(H,26,29)(H,28,30). The first-order valence-electron chi connectivity index (χ1n) is 10.8. The second-order valence-corrected chi connectivity index (χ2v) is 9.27. The van der Waals surface area contributed by atoms with E-state index in [1.54, 1.807) is 12.1 Å². The number of carbonyl (C=O) groups is 3. The van der Waals surface area contributed by atoms with Gasteiger partial charge in [0.15, 0.2) is 0 Å². The number of carbonyl (C=O) groups excluding carboxylic acids is 3. The van der Waals surface area contributed by atoms with Gasteiger partial charge in [-0.25, -0.2) is 22.9 Å². The molecule has 10 heteroatoms. The van der Waals surface area contributed by atoms with Crippen LogP contribution in [0.15, 0.2) is 77.8 Å². The van der Waals surface area contributed by atoms with Crippen molar-refractivity contribution in [3.63, 3.8) is 0 Å². The molecular formula is C25H25N3O6S. The van der Waals surface area contributed by atoms with E-state index in [-0.39, 0.29) is 22.1 Å². The van der Waals surface area contributed by atoms with Gasteiger partial charge in [0, 0.05) is 19.2 Å².